The van der Waals surface area contributed by atoms with E-state index in [9.17, 15) is 0 Å². The van der Waals surface area contributed by atoms with E-state index in [0.29, 0.717) is 13.2 Å². The van der Waals surface area contributed by atoms with Crippen LogP contribution in [0.4, 0.5) is 0 Å². The molecule has 0 radical (unpaired) electrons. The Labute approximate surface area is 174 Å². The molecule has 0 fully saturated rings. The molecule has 0 saturated heterocycles. The number of allylic oxidation sites excluding steroid dienone is 1. The standard InChI is InChI=1S/C27H28O2/c1-3-5-6-18-28-20-23-10-12-25(13-11-23)26-14-16-27(17-15-26)29-21-24-9-7-8-22(4-2)19-24/h3-5,7-17,19H,2,6,18,20-21H2,1H3. The Hall–Kier alpha value is -3.10. The lowest BCUT2D eigenvalue weighted by molar-refractivity contribution is 0.125. The molecule has 2 heteroatoms. The van der Waals surface area contributed by atoms with Crippen LogP contribution in [-0.2, 0) is 18.0 Å². The average molecular weight is 385 g/mol. The van der Waals surface area contributed by atoms with Crippen LogP contribution < -0.4 is 4.74 Å². The van der Waals surface area contributed by atoms with E-state index in [2.05, 4.69) is 67.3 Å². The van der Waals surface area contributed by atoms with E-state index >= 15 is 0 Å². The van der Waals surface area contributed by atoms with E-state index in [1.54, 1.807) is 0 Å². The van der Waals surface area contributed by atoms with Gasteiger partial charge in [0, 0.05) is 0 Å². The molecule has 0 aliphatic carbocycles. The van der Waals surface area contributed by atoms with Gasteiger partial charge in [-0.15, -0.1) is 0 Å². The zero-order valence-corrected chi connectivity index (χ0v) is 17.0. The molecule has 0 aromatic heterocycles. The zero-order valence-electron chi connectivity index (χ0n) is 17.0. The third-order valence-electron chi connectivity index (χ3n) is 4.67. The van der Waals surface area contributed by atoms with Gasteiger partial charge < -0.3 is 9.47 Å². The van der Waals surface area contributed by atoms with Gasteiger partial charge in [-0.05, 0) is 59.4 Å². The van der Waals surface area contributed by atoms with Crippen molar-refractivity contribution in [2.75, 3.05) is 6.61 Å². The first kappa shape index (κ1) is 20.6. The summed E-state index contributed by atoms with van der Waals surface area (Å²) in [6, 6.07) is 25.0. The van der Waals surface area contributed by atoms with Crippen molar-refractivity contribution in [3.05, 3.63) is 108 Å². The Balaban J connectivity index is 1.53. The molecule has 0 unspecified atom stereocenters. The van der Waals surface area contributed by atoms with E-state index in [0.717, 1.165) is 29.9 Å². The van der Waals surface area contributed by atoms with Crippen LogP contribution in [0.15, 0.2) is 91.5 Å². The van der Waals surface area contributed by atoms with Gasteiger partial charge in [-0.1, -0.05) is 79.4 Å². The normalized spacial score (nSPS) is 10.9. The van der Waals surface area contributed by atoms with Gasteiger partial charge in [0.05, 0.1) is 13.2 Å². The molecule has 0 atom stereocenters. The van der Waals surface area contributed by atoms with Crippen molar-refractivity contribution in [2.45, 2.75) is 26.6 Å². The van der Waals surface area contributed by atoms with Gasteiger partial charge in [0.2, 0.25) is 0 Å². The van der Waals surface area contributed by atoms with E-state index in [1.807, 2.05) is 37.3 Å². The molecule has 29 heavy (non-hydrogen) atoms. The summed E-state index contributed by atoms with van der Waals surface area (Å²) in [6.07, 6.45) is 6.98. The summed E-state index contributed by atoms with van der Waals surface area (Å²) < 4.78 is 11.6. The van der Waals surface area contributed by atoms with Crippen LogP contribution in [0.5, 0.6) is 5.75 Å². The highest BCUT2D eigenvalue weighted by Gasteiger charge is 2.01. The van der Waals surface area contributed by atoms with Gasteiger partial charge in [-0.3, -0.25) is 0 Å². The summed E-state index contributed by atoms with van der Waals surface area (Å²) >= 11 is 0. The summed E-state index contributed by atoms with van der Waals surface area (Å²) in [5.41, 5.74) is 5.79. The molecule has 3 aromatic rings. The minimum Gasteiger partial charge on any atom is -0.489 e. The summed E-state index contributed by atoms with van der Waals surface area (Å²) in [5.74, 6) is 0.865. The molecule has 0 saturated carbocycles. The van der Waals surface area contributed by atoms with Crippen LogP contribution in [0.3, 0.4) is 0 Å². The maximum atomic E-state index is 5.92. The van der Waals surface area contributed by atoms with Crippen LogP contribution in [0.25, 0.3) is 17.2 Å². The molecule has 0 N–H and O–H groups in total. The van der Waals surface area contributed by atoms with Gasteiger partial charge in [-0.25, -0.2) is 0 Å². The second-order valence-corrected chi connectivity index (χ2v) is 6.87. The SMILES string of the molecule is C=Cc1cccc(COc2ccc(-c3ccc(COCCC=CC)cc3)cc2)c1. The number of benzene rings is 3. The summed E-state index contributed by atoms with van der Waals surface area (Å²) in [4.78, 5) is 0. The predicted molar refractivity (Wildman–Crippen MR) is 122 cm³/mol. The third-order valence-corrected chi connectivity index (χ3v) is 4.67. The van der Waals surface area contributed by atoms with Crippen molar-refractivity contribution in [2.24, 2.45) is 0 Å². The van der Waals surface area contributed by atoms with E-state index in [4.69, 9.17) is 9.47 Å². The van der Waals surface area contributed by atoms with Crippen molar-refractivity contribution >= 4 is 6.08 Å². The van der Waals surface area contributed by atoms with Crippen LogP contribution in [0, 0.1) is 0 Å². The predicted octanol–water partition coefficient (Wildman–Crippen LogP) is 7.06. The van der Waals surface area contributed by atoms with Crippen LogP contribution >= 0.6 is 0 Å². The second kappa shape index (κ2) is 11.0. The Morgan fingerprint density at radius 3 is 2.24 bits per heavy atom. The van der Waals surface area contributed by atoms with E-state index in [1.165, 1.54) is 16.7 Å². The highest BCUT2D eigenvalue weighted by Crippen LogP contribution is 2.23. The average Bonchev–Trinajstić information content (AvgIpc) is 2.78. The smallest absolute Gasteiger partial charge is 0.119 e. The fraction of sp³-hybridized carbons (Fsp3) is 0.185. The summed E-state index contributed by atoms with van der Waals surface area (Å²) in [7, 11) is 0. The Morgan fingerprint density at radius 2 is 1.55 bits per heavy atom. The van der Waals surface area contributed by atoms with Crippen molar-refractivity contribution in [1.82, 2.24) is 0 Å². The lowest BCUT2D eigenvalue weighted by Crippen LogP contribution is -1.95. The minimum absolute atomic E-state index is 0.545. The minimum atomic E-state index is 0.545. The molecular weight excluding hydrogens is 356 g/mol. The maximum Gasteiger partial charge on any atom is 0.119 e. The van der Waals surface area contributed by atoms with Gasteiger partial charge in [0.1, 0.15) is 12.4 Å². The van der Waals surface area contributed by atoms with Crippen LogP contribution in [0.1, 0.15) is 30.0 Å². The van der Waals surface area contributed by atoms with Crippen molar-refractivity contribution in [3.63, 3.8) is 0 Å². The van der Waals surface area contributed by atoms with Gasteiger partial charge in [0.25, 0.3) is 0 Å². The van der Waals surface area contributed by atoms with Gasteiger partial charge >= 0.3 is 0 Å². The third kappa shape index (κ3) is 6.48. The first-order valence-electron chi connectivity index (χ1n) is 10.0. The van der Waals surface area contributed by atoms with Crippen molar-refractivity contribution < 1.29 is 9.47 Å². The van der Waals surface area contributed by atoms with Crippen LogP contribution in [0.2, 0.25) is 0 Å². The molecule has 0 bridgehead atoms. The van der Waals surface area contributed by atoms with E-state index in [-0.39, 0.29) is 0 Å². The Morgan fingerprint density at radius 1 is 0.828 bits per heavy atom. The number of hydrogen-bond donors (Lipinski definition) is 0. The van der Waals surface area contributed by atoms with Crippen molar-refractivity contribution in [1.29, 1.82) is 0 Å². The fourth-order valence-corrected chi connectivity index (χ4v) is 3.02. The van der Waals surface area contributed by atoms with Gasteiger partial charge in [0.15, 0.2) is 0 Å². The number of rotatable bonds is 10. The topological polar surface area (TPSA) is 18.5 Å². The first-order valence-corrected chi connectivity index (χ1v) is 10.0. The monoisotopic (exact) mass is 384 g/mol. The molecule has 0 aliphatic heterocycles. The molecule has 0 spiro atoms. The van der Waals surface area contributed by atoms with Gasteiger partial charge in [-0.2, -0.15) is 0 Å². The molecule has 0 aliphatic rings. The molecule has 3 aromatic carbocycles. The fourth-order valence-electron chi connectivity index (χ4n) is 3.02. The Kier molecular flexibility index (Phi) is 7.85. The zero-order chi connectivity index (χ0) is 20.3. The largest absolute Gasteiger partial charge is 0.489 e. The lowest BCUT2D eigenvalue weighted by Gasteiger charge is -2.09. The Bertz CT molecular complexity index is 922. The van der Waals surface area contributed by atoms with Crippen LogP contribution in [-0.4, -0.2) is 6.61 Å². The highest BCUT2D eigenvalue weighted by molar-refractivity contribution is 5.64. The molecular formula is C27H28O2. The lowest BCUT2D eigenvalue weighted by atomic mass is 10.0. The number of hydrogen-bond acceptors (Lipinski definition) is 2. The second-order valence-electron chi connectivity index (χ2n) is 6.87. The molecule has 0 amide bonds. The highest BCUT2D eigenvalue weighted by atomic mass is 16.5. The molecule has 3 rings (SSSR count). The quantitative estimate of drug-likeness (QED) is 0.275. The van der Waals surface area contributed by atoms with E-state index < -0.39 is 0 Å². The molecule has 2 nitrogen and oxygen atoms in total. The molecule has 148 valence electrons. The number of ether oxygens (including phenoxy) is 2. The maximum absolute atomic E-state index is 5.92. The summed E-state index contributed by atoms with van der Waals surface area (Å²) in [5, 5.41) is 0. The first-order chi connectivity index (χ1) is 14.3. The van der Waals surface area contributed by atoms with Crippen molar-refractivity contribution in [3.8, 4) is 16.9 Å². The summed E-state index contributed by atoms with van der Waals surface area (Å²) in [6.45, 7) is 7.79. The molecule has 0 heterocycles.